The van der Waals surface area contributed by atoms with Gasteiger partial charge in [0.1, 0.15) is 10.6 Å². The Morgan fingerprint density at radius 1 is 1.22 bits per heavy atom. The van der Waals surface area contributed by atoms with Gasteiger partial charge in [-0.25, -0.2) is 8.42 Å². The number of nitrogens with one attached hydrogen (secondary N) is 2. The van der Waals surface area contributed by atoms with E-state index in [1.54, 1.807) is 33.0 Å². The first-order chi connectivity index (χ1) is 12.4. The maximum absolute atomic E-state index is 12.5. The summed E-state index contributed by atoms with van der Waals surface area (Å²) in [6.45, 7) is 8.37. The second kappa shape index (κ2) is 7.87. The zero-order valence-electron chi connectivity index (χ0n) is 16.0. The highest BCUT2D eigenvalue weighted by Crippen LogP contribution is 2.28. The average molecular weight is 415 g/mol. The second-order valence-electron chi connectivity index (χ2n) is 6.35. The minimum atomic E-state index is -3.96. The van der Waals surface area contributed by atoms with Gasteiger partial charge in [-0.1, -0.05) is 11.6 Å². The van der Waals surface area contributed by atoms with E-state index in [9.17, 15) is 13.2 Å². The minimum Gasteiger partial charge on any atom is -0.480 e. The zero-order chi connectivity index (χ0) is 20.5. The van der Waals surface area contributed by atoms with Crippen LogP contribution in [0.3, 0.4) is 0 Å². The Morgan fingerprint density at radius 3 is 2.26 bits per heavy atom. The molecule has 0 unspecified atom stereocenters. The van der Waals surface area contributed by atoms with Gasteiger partial charge >= 0.3 is 0 Å². The molecule has 2 rings (SSSR count). The Balaban J connectivity index is 2.09. The monoisotopic (exact) mass is 414 g/mol. The van der Waals surface area contributed by atoms with Crippen LogP contribution in [0.15, 0.2) is 17.0 Å². The molecule has 1 aromatic heterocycles. The number of benzene rings is 1. The summed E-state index contributed by atoms with van der Waals surface area (Å²) in [5, 5.41) is 4.64. The summed E-state index contributed by atoms with van der Waals surface area (Å²) in [6, 6.07) is 3.45. The first-order valence-electron chi connectivity index (χ1n) is 8.19. The third kappa shape index (κ3) is 4.60. The maximum Gasteiger partial charge on any atom is 0.275 e. The fraction of sp³-hybridized carbons (Fsp3) is 0.412. The van der Waals surface area contributed by atoms with Crippen LogP contribution in [0.4, 0.5) is 0 Å². The predicted molar refractivity (Wildman–Crippen MR) is 102 cm³/mol. The molecule has 0 bridgehead atoms. The number of rotatable bonds is 6. The van der Waals surface area contributed by atoms with Crippen LogP contribution in [0.5, 0.6) is 5.75 Å². The number of ether oxygens (including phenoxy) is 1. The third-order valence-electron chi connectivity index (χ3n) is 4.11. The fourth-order valence-electron chi connectivity index (χ4n) is 2.73. The van der Waals surface area contributed by atoms with E-state index in [-0.39, 0.29) is 4.90 Å². The molecule has 0 saturated heterocycles. The summed E-state index contributed by atoms with van der Waals surface area (Å²) in [5.74, 6) is -0.102. The third-order valence-corrected chi connectivity index (χ3v) is 5.83. The van der Waals surface area contributed by atoms with Gasteiger partial charge in [0.25, 0.3) is 15.9 Å². The van der Waals surface area contributed by atoms with E-state index >= 15 is 0 Å². The van der Waals surface area contributed by atoms with Crippen molar-refractivity contribution >= 4 is 27.5 Å². The van der Waals surface area contributed by atoms with E-state index in [2.05, 4.69) is 15.4 Å². The van der Waals surface area contributed by atoms with Crippen molar-refractivity contribution < 1.29 is 17.9 Å². The molecular weight excluding hydrogens is 392 g/mol. The largest absolute Gasteiger partial charge is 0.480 e. The van der Waals surface area contributed by atoms with Gasteiger partial charge in [0.15, 0.2) is 6.10 Å². The van der Waals surface area contributed by atoms with Gasteiger partial charge in [-0.3, -0.25) is 14.9 Å². The van der Waals surface area contributed by atoms with Crippen LogP contribution >= 0.6 is 11.6 Å². The van der Waals surface area contributed by atoms with Crippen LogP contribution < -0.4 is 15.0 Å². The standard InChI is InChI=1S/C17H23ClN4O4S/c1-9-7-14(18)8-10(2)15(9)26-13(5)17(23)19-21-27(24,25)16-11(3)20-22(6)12(16)4/h7-8,13,21H,1-6H3,(H,19,23)/t13-/m1/s1. The summed E-state index contributed by atoms with van der Waals surface area (Å²) < 4.78 is 32.1. The lowest BCUT2D eigenvalue weighted by molar-refractivity contribution is -0.127. The lowest BCUT2D eigenvalue weighted by Crippen LogP contribution is -2.47. The SMILES string of the molecule is Cc1cc(Cl)cc(C)c1O[C@H](C)C(=O)NNS(=O)(=O)c1c(C)nn(C)c1C. The van der Waals surface area contributed by atoms with Crippen LogP contribution in [-0.4, -0.2) is 30.2 Å². The minimum absolute atomic E-state index is 0.0308. The van der Waals surface area contributed by atoms with Gasteiger partial charge in [0.05, 0.1) is 11.4 Å². The van der Waals surface area contributed by atoms with Crippen molar-refractivity contribution in [3.8, 4) is 5.75 Å². The van der Waals surface area contributed by atoms with E-state index in [1.165, 1.54) is 11.6 Å². The number of carbonyl (C=O) groups is 1. The predicted octanol–water partition coefficient (Wildman–Crippen LogP) is 2.08. The van der Waals surface area contributed by atoms with Crippen molar-refractivity contribution in [2.24, 2.45) is 7.05 Å². The highest BCUT2D eigenvalue weighted by atomic mass is 35.5. The topological polar surface area (TPSA) is 102 Å². The lowest BCUT2D eigenvalue weighted by Gasteiger charge is -2.18. The molecule has 0 aliphatic carbocycles. The van der Waals surface area contributed by atoms with Crippen LogP contribution in [-0.2, 0) is 21.9 Å². The number of hydrazine groups is 1. The van der Waals surface area contributed by atoms with E-state index in [0.29, 0.717) is 22.2 Å². The average Bonchev–Trinajstić information content (AvgIpc) is 2.81. The van der Waals surface area contributed by atoms with E-state index in [4.69, 9.17) is 16.3 Å². The molecule has 8 nitrogen and oxygen atoms in total. The molecule has 1 atom stereocenters. The zero-order valence-corrected chi connectivity index (χ0v) is 17.6. The lowest BCUT2D eigenvalue weighted by atomic mass is 10.1. The molecule has 0 aliphatic rings. The number of amides is 1. The van der Waals surface area contributed by atoms with E-state index in [0.717, 1.165) is 11.1 Å². The normalized spacial score (nSPS) is 12.7. The molecule has 148 valence electrons. The van der Waals surface area contributed by atoms with Crippen molar-refractivity contribution in [3.05, 3.63) is 39.7 Å². The molecule has 0 saturated carbocycles. The molecule has 27 heavy (non-hydrogen) atoms. The Bertz CT molecular complexity index is 962. The van der Waals surface area contributed by atoms with Crippen LogP contribution in [0, 0.1) is 27.7 Å². The summed E-state index contributed by atoms with van der Waals surface area (Å²) in [7, 11) is -2.32. The van der Waals surface area contributed by atoms with Gasteiger partial charge in [-0.2, -0.15) is 5.10 Å². The quantitative estimate of drug-likeness (QED) is 0.704. The Hall–Kier alpha value is -2.10. The molecule has 0 aliphatic heterocycles. The maximum atomic E-state index is 12.5. The van der Waals surface area contributed by atoms with E-state index in [1.807, 2.05) is 13.8 Å². The Morgan fingerprint density at radius 2 is 1.78 bits per heavy atom. The molecular formula is C17H23ClN4O4S. The summed E-state index contributed by atoms with van der Waals surface area (Å²) in [4.78, 5) is 14.4. The van der Waals surface area contributed by atoms with Crippen molar-refractivity contribution in [1.29, 1.82) is 0 Å². The van der Waals surface area contributed by atoms with Gasteiger partial charge < -0.3 is 4.74 Å². The number of aromatic nitrogens is 2. The Labute approximate surface area is 163 Å². The molecule has 10 heteroatoms. The number of nitrogens with zero attached hydrogens (tertiary/aromatic N) is 2. The highest BCUT2D eigenvalue weighted by Gasteiger charge is 2.25. The van der Waals surface area contributed by atoms with Crippen molar-refractivity contribution in [2.75, 3.05) is 0 Å². The number of sulfonamides is 1. The van der Waals surface area contributed by atoms with Crippen molar-refractivity contribution in [2.45, 2.75) is 45.6 Å². The molecule has 2 N–H and O–H groups in total. The first-order valence-corrected chi connectivity index (χ1v) is 10.1. The molecule has 1 aromatic carbocycles. The van der Waals surface area contributed by atoms with Gasteiger partial charge in [0, 0.05) is 12.1 Å². The van der Waals surface area contributed by atoms with Crippen LogP contribution in [0.1, 0.15) is 29.4 Å². The Kier molecular flexibility index (Phi) is 6.18. The van der Waals surface area contributed by atoms with E-state index < -0.39 is 22.0 Å². The molecule has 0 fully saturated rings. The van der Waals surface area contributed by atoms with Gasteiger partial charge in [0.2, 0.25) is 0 Å². The number of hydrogen-bond donors (Lipinski definition) is 2. The van der Waals surface area contributed by atoms with Crippen LogP contribution in [0.25, 0.3) is 0 Å². The van der Waals surface area contributed by atoms with Crippen molar-refractivity contribution in [3.63, 3.8) is 0 Å². The van der Waals surface area contributed by atoms with Crippen LogP contribution in [0.2, 0.25) is 5.02 Å². The second-order valence-corrected chi connectivity index (χ2v) is 8.40. The molecule has 0 radical (unpaired) electrons. The van der Waals surface area contributed by atoms with Gasteiger partial charge in [-0.05, 0) is 57.9 Å². The molecule has 0 spiro atoms. The number of halogens is 1. The number of carbonyl (C=O) groups excluding carboxylic acids is 1. The van der Waals surface area contributed by atoms with Gasteiger partial charge in [-0.15, -0.1) is 4.83 Å². The smallest absolute Gasteiger partial charge is 0.275 e. The first kappa shape index (κ1) is 21.2. The number of aryl methyl sites for hydroxylation is 4. The molecule has 1 amide bonds. The van der Waals surface area contributed by atoms with Crippen molar-refractivity contribution in [1.82, 2.24) is 20.0 Å². The summed E-state index contributed by atoms with van der Waals surface area (Å²) in [6.07, 6.45) is -0.928. The molecule has 2 aromatic rings. The molecule has 1 heterocycles. The summed E-state index contributed by atoms with van der Waals surface area (Å²) in [5.41, 5.74) is 4.55. The number of hydrogen-bond acceptors (Lipinski definition) is 5. The fourth-order valence-corrected chi connectivity index (χ4v) is 4.34. The highest BCUT2D eigenvalue weighted by molar-refractivity contribution is 7.89. The summed E-state index contributed by atoms with van der Waals surface area (Å²) >= 11 is 5.99.